The van der Waals surface area contributed by atoms with Crippen molar-refractivity contribution in [1.82, 2.24) is 0 Å². The Morgan fingerprint density at radius 3 is 2.41 bits per heavy atom. The van der Waals surface area contributed by atoms with Crippen LogP contribution in [0.25, 0.3) is 0 Å². The third kappa shape index (κ3) is 6.28. The first kappa shape index (κ1) is 25.8. The highest BCUT2D eigenvalue weighted by Crippen LogP contribution is 2.43. The monoisotopic (exact) mass is 500 g/mol. The minimum Gasteiger partial charge on any atom is -0.494 e. The van der Waals surface area contributed by atoms with Crippen LogP contribution in [0.15, 0.2) is 78.2 Å². The minimum absolute atomic E-state index is 0.00517. The lowest BCUT2D eigenvalue weighted by Gasteiger charge is -2.26. The molecule has 0 aliphatic carbocycles. The van der Waals surface area contributed by atoms with Crippen molar-refractivity contribution >= 4 is 5.97 Å². The fourth-order valence-electron chi connectivity index (χ4n) is 4.25. The lowest BCUT2D eigenvalue weighted by Crippen LogP contribution is -2.21. The van der Waals surface area contributed by atoms with E-state index >= 15 is 0 Å². The summed E-state index contributed by atoms with van der Waals surface area (Å²) in [5, 5.41) is 9.81. The standard InChI is InChI=1S/C30H29FN2O4/c1-2-3-4-5-6-17-35-23-13-9-20(10-14-23)28-25-16-15-24(18-27(25)37-29(33)26(28)19-32)36-30(34)21-7-11-22(31)12-8-21/h7-16,18,28H,2-6,17,33H2,1H3. The van der Waals surface area contributed by atoms with Crippen LogP contribution in [0.5, 0.6) is 17.2 Å². The third-order valence-electron chi connectivity index (χ3n) is 6.21. The van der Waals surface area contributed by atoms with Gasteiger partial charge < -0.3 is 19.9 Å². The Morgan fingerprint density at radius 2 is 1.70 bits per heavy atom. The van der Waals surface area contributed by atoms with Gasteiger partial charge in [-0.25, -0.2) is 9.18 Å². The topological polar surface area (TPSA) is 94.6 Å². The fraction of sp³-hybridized carbons (Fsp3) is 0.267. The Kier molecular flexibility index (Phi) is 8.42. The molecule has 0 saturated heterocycles. The van der Waals surface area contributed by atoms with Gasteiger partial charge in [0, 0.05) is 11.6 Å². The summed E-state index contributed by atoms with van der Waals surface area (Å²) in [6.45, 7) is 2.86. The Hall–Kier alpha value is -4.31. The Balaban J connectivity index is 1.50. The summed E-state index contributed by atoms with van der Waals surface area (Å²) in [4.78, 5) is 12.4. The van der Waals surface area contributed by atoms with E-state index in [-0.39, 0.29) is 17.2 Å². The Bertz CT molecular complexity index is 1310. The number of halogens is 1. The number of rotatable bonds is 10. The van der Waals surface area contributed by atoms with E-state index in [1.165, 1.54) is 43.5 Å². The summed E-state index contributed by atoms with van der Waals surface area (Å²) in [7, 11) is 0. The number of carbonyl (C=O) groups excluding carboxylic acids is 1. The van der Waals surface area contributed by atoms with Gasteiger partial charge >= 0.3 is 5.97 Å². The molecule has 3 aromatic carbocycles. The molecule has 7 heteroatoms. The van der Waals surface area contributed by atoms with Crippen LogP contribution in [0.1, 0.15) is 66.4 Å². The van der Waals surface area contributed by atoms with E-state index in [1.807, 2.05) is 24.3 Å². The maximum atomic E-state index is 13.2. The summed E-state index contributed by atoms with van der Waals surface area (Å²) in [6.07, 6.45) is 5.85. The summed E-state index contributed by atoms with van der Waals surface area (Å²) >= 11 is 0. The fourth-order valence-corrected chi connectivity index (χ4v) is 4.25. The van der Waals surface area contributed by atoms with Crippen LogP contribution in [0.2, 0.25) is 0 Å². The number of nitrogens with two attached hydrogens (primary N) is 1. The number of carbonyl (C=O) groups is 1. The molecule has 0 spiro atoms. The average Bonchev–Trinajstić information content (AvgIpc) is 2.90. The minimum atomic E-state index is -0.630. The first-order valence-electron chi connectivity index (χ1n) is 12.4. The van der Waals surface area contributed by atoms with E-state index in [0.717, 1.165) is 29.7 Å². The smallest absolute Gasteiger partial charge is 0.343 e. The Morgan fingerprint density at radius 1 is 1.00 bits per heavy atom. The molecule has 37 heavy (non-hydrogen) atoms. The van der Waals surface area contributed by atoms with Crippen LogP contribution in [0.4, 0.5) is 4.39 Å². The number of nitrogens with zero attached hydrogens (tertiary/aromatic N) is 1. The quantitative estimate of drug-likeness (QED) is 0.191. The molecule has 190 valence electrons. The third-order valence-corrected chi connectivity index (χ3v) is 6.21. The van der Waals surface area contributed by atoms with Gasteiger partial charge in [0.15, 0.2) is 0 Å². The van der Waals surface area contributed by atoms with Crippen molar-refractivity contribution in [3.8, 4) is 23.3 Å². The molecule has 1 aliphatic heterocycles. The maximum absolute atomic E-state index is 13.2. The van der Waals surface area contributed by atoms with Gasteiger partial charge in [-0.05, 0) is 54.4 Å². The second-order valence-electron chi connectivity index (χ2n) is 8.85. The molecule has 0 bridgehead atoms. The van der Waals surface area contributed by atoms with E-state index in [0.29, 0.717) is 17.9 Å². The number of esters is 1. The molecule has 3 aromatic rings. The van der Waals surface area contributed by atoms with Crippen LogP contribution in [-0.2, 0) is 0 Å². The first-order valence-corrected chi connectivity index (χ1v) is 12.4. The normalized spacial score (nSPS) is 14.4. The highest BCUT2D eigenvalue weighted by Gasteiger charge is 2.31. The molecule has 2 N–H and O–H groups in total. The first-order chi connectivity index (χ1) is 18.0. The molecule has 1 atom stereocenters. The molecule has 0 saturated carbocycles. The van der Waals surface area contributed by atoms with Gasteiger partial charge in [-0.2, -0.15) is 5.26 Å². The predicted octanol–water partition coefficient (Wildman–Crippen LogP) is 6.61. The predicted molar refractivity (Wildman–Crippen MR) is 138 cm³/mol. The summed E-state index contributed by atoms with van der Waals surface area (Å²) in [5.74, 6) is -0.129. The molecule has 6 nitrogen and oxygen atoms in total. The summed E-state index contributed by atoms with van der Waals surface area (Å²) < 4.78 is 30.2. The molecule has 4 rings (SSSR count). The highest BCUT2D eigenvalue weighted by atomic mass is 19.1. The molecule has 0 amide bonds. The van der Waals surface area contributed by atoms with Crippen LogP contribution in [-0.4, -0.2) is 12.6 Å². The van der Waals surface area contributed by atoms with Crippen LogP contribution >= 0.6 is 0 Å². The second kappa shape index (κ2) is 12.1. The van der Waals surface area contributed by atoms with E-state index in [4.69, 9.17) is 19.9 Å². The Labute approximate surface area is 216 Å². The number of nitriles is 1. The molecular formula is C30H29FN2O4. The zero-order chi connectivity index (χ0) is 26.2. The second-order valence-corrected chi connectivity index (χ2v) is 8.85. The molecular weight excluding hydrogens is 471 g/mol. The van der Waals surface area contributed by atoms with Crippen LogP contribution in [0, 0.1) is 17.1 Å². The number of fused-ring (bicyclic) bond motifs is 1. The largest absolute Gasteiger partial charge is 0.494 e. The van der Waals surface area contributed by atoms with Gasteiger partial charge in [-0.3, -0.25) is 0 Å². The average molecular weight is 501 g/mol. The molecule has 1 unspecified atom stereocenters. The number of allylic oxidation sites excluding steroid dienone is 1. The molecule has 0 fully saturated rings. The van der Waals surface area contributed by atoms with E-state index in [2.05, 4.69) is 13.0 Å². The number of unbranched alkanes of at least 4 members (excludes halogenated alkanes) is 4. The number of ether oxygens (including phenoxy) is 3. The molecule has 1 heterocycles. The van der Waals surface area contributed by atoms with Crippen LogP contribution in [0.3, 0.4) is 0 Å². The number of hydrogen-bond donors (Lipinski definition) is 1. The molecule has 0 radical (unpaired) electrons. The van der Waals surface area contributed by atoms with Crippen molar-refractivity contribution < 1.29 is 23.4 Å². The van der Waals surface area contributed by atoms with E-state index in [9.17, 15) is 14.4 Å². The van der Waals surface area contributed by atoms with Crippen molar-refractivity contribution in [3.63, 3.8) is 0 Å². The van der Waals surface area contributed by atoms with Gasteiger partial charge in [0.2, 0.25) is 5.88 Å². The van der Waals surface area contributed by atoms with Gasteiger partial charge in [0.05, 0.1) is 18.1 Å². The zero-order valence-corrected chi connectivity index (χ0v) is 20.7. The maximum Gasteiger partial charge on any atom is 0.343 e. The van der Waals surface area contributed by atoms with Crippen molar-refractivity contribution in [2.24, 2.45) is 5.73 Å². The van der Waals surface area contributed by atoms with Gasteiger partial charge in [-0.15, -0.1) is 0 Å². The van der Waals surface area contributed by atoms with E-state index < -0.39 is 17.7 Å². The lowest BCUT2D eigenvalue weighted by atomic mass is 9.83. The number of hydrogen-bond acceptors (Lipinski definition) is 6. The van der Waals surface area contributed by atoms with Gasteiger partial charge in [-0.1, -0.05) is 50.8 Å². The lowest BCUT2D eigenvalue weighted by molar-refractivity contribution is 0.0734. The SMILES string of the molecule is CCCCCCCOc1ccc(C2C(C#N)=C(N)Oc3cc(OC(=O)c4ccc(F)cc4)ccc32)cc1. The van der Waals surface area contributed by atoms with Crippen molar-refractivity contribution in [2.75, 3.05) is 6.61 Å². The molecule has 0 aromatic heterocycles. The number of benzene rings is 3. The van der Waals surface area contributed by atoms with Crippen LogP contribution < -0.4 is 19.9 Å². The van der Waals surface area contributed by atoms with Crippen molar-refractivity contribution in [1.29, 1.82) is 5.26 Å². The molecule has 1 aliphatic rings. The van der Waals surface area contributed by atoms with E-state index in [1.54, 1.807) is 18.2 Å². The summed E-state index contributed by atoms with van der Waals surface area (Å²) in [6, 6.07) is 19.8. The van der Waals surface area contributed by atoms with Gasteiger partial charge in [0.25, 0.3) is 0 Å². The highest BCUT2D eigenvalue weighted by molar-refractivity contribution is 5.91. The zero-order valence-electron chi connectivity index (χ0n) is 20.7. The van der Waals surface area contributed by atoms with Crippen molar-refractivity contribution in [3.05, 3.63) is 101 Å². The van der Waals surface area contributed by atoms with Gasteiger partial charge in [0.1, 0.15) is 34.7 Å². The van der Waals surface area contributed by atoms with Crippen molar-refractivity contribution in [2.45, 2.75) is 44.9 Å². The summed E-state index contributed by atoms with van der Waals surface area (Å²) in [5.41, 5.74) is 8.19.